The van der Waals surface area contributed by atoms with Crippen LogP contribution in [0.25, 0.3) is 0 Å². The van der Waals surface area contributed by atoms with Crippen LogP contribution >= 0.6 is 11.6 Å². The van der Waals surface area contributed by atoms with E-state index < -0.39 is 11.7 Å². The minimum Gasteiger partial charge on any atom is -0.377 e. The van der Waals surface area contributed by atoms with Gasteiger partial charge in [0.25, 0.3) is 0 Å². The first-order valence-corrected chi connectivity index (χ1v) is 6.57. The third kappa shape index (κ3) is 3.15. The summed E-state index contributed by atoms with van der Waals surface area (Å²) in [4.78, 5) is 1.74. The number of benzene rings is 1. The molecule has 1 atom stereocenters. The van der Waals surface area contributed by atoms with E-state index in [0.29, 0.717) is 25.3 Å². The van der Waals surface area contributed by atoms with Crippen LogP contribution in [0.2, 0.25) is 0 Å². The summed E-state index contributed by atoms with van der Waals surface area (Å²) >= 11 is 5.61. The largest absolute Gasteiger partial charge is 0.418 e. The minimum absolute atomic E-state index is 0.0715. The van der Waals surface area contributed by atoms with Crippen LogP contribution in [0, 0.1) is 0 Å². The van der Waals surface area contributed by atoms with Crippen LogP contribution in [-0.4, -0.2) is 25.8 Å². The molecule has 1 fully saturated rings. The zero-order chi connectivity index (χ0) is 14.0. The van der Waals surface area contributed by atoms with Crippen LogP contribution in [0.15, 0.2) is 18.2 Å². The lowest BCUT2D eigenvalue weighted by Crippen LogP contribution is -2.44. The van der Waals surface area contributed by atoms with E-state index in [0.717, 1.165) is 6.07 Å². The molecule has 2 nitrogen and oxygen atoms in total. The topological polar surface area (TPSA) is 12.5 Å². The highest BCUT2D eigenvalue weighted by Gasteiger charge is 2.36. The van der Waals surface area contributed by atoms with Crippen molar-refractivity contribution in [3.8, 4) is 0 Å². The summed E-state index contributed by atoms with van der Waals surface area (Å²) in [5.74, 6) is 0.0715. The third-order valence-electron chi connectivity index (χ3n) is 3.20. The van der Waals surface area contributed by atoms with Crippen molar-refractivity contribution in [2.24, 2.45) is 0 Å². The van der Waals surface area contributed by atoms with Crippen LogP contribution in [0.3, 0.4) is 0 Å². The van der Waals surface area contributed by atoms with Crippen molar-refractivity contribution >= 4 is 17.3 Å². The van der Waals surface area contributed by atoms with Crippen LogP contribution in [-0.2, 0) is 16.8 Å². The predicted molar refractivity (Wildman–Crippen MR) is 68.6 cm³/mol. The highest BCUT2D eigenvalue weighted by Crippen LogP contribution is 2.38. The highest BCUT2D eigenvalue weighted by atomic mass is 35.5. The van der Waals surface area contributed by atoms with Crippen molar-refractivity contribution in [3.05, 3.63) is 29.3 Å². The van der Waals surface area contributed by atoms with Crippen molar-refractivity contribution in [1.82, 2.24) is 0 Å². The molecule has 0 bridgehead atoms. The molecule has 0 amide bonds. The van der Waals surface area contributed by atoms with Gasteiger partial charge in [-0.2, -0.15) is 13.2 Å². The van der Waals surface area contributed by atoms with Gasteiger partial charge in [0.1, 0.15) is 0 Å². The number of halogens is 4. The number of hydrogen-bond donors (Lipinski definition) is 0. The molecule has 19 heavy (non-hydrogen) atoms. The molecule has 1 unspecified atom stereocenters. The molecular formula is C13H15ClF3NO. The Morgan fingerprint density at radius 1 is 1.42 bits per heavy atom. The van der Waals surface area contributed by atoms with Crippen LogP contribution in [0.1, 0.15) is 18.1 Å². The van der Waals surface area contributed by atoms with Crippen LogP contribution in [0.5, 0.6) is 0 Å². The van der Waals surface area contributed by atoms with Crippen molar-refractivity contribution in [2.45, 2.75) is 25.0 Å². The Balaban J connectivity index is 2.43. The molecule has 2 rings (SSSR count). The van der Waals surface area contributed by atoms with Gasteiger partial charge in [-0.05, 0) is 24.6 Å². The Labute approximate surface area is 115 Å². The Morgan fingerprint density at radius 3 is 2.74 bits per heavy atom. The standard InChI is InChI=1S/C13H15ClF3NO/c1-9-8-19-5-4-18(9)12-3-2-10(7-14)6-11(12)13(15,16)17/h2-3,6,9H,4-5,7-8H2,1H3. The van der Waals surface area contributed by atoms with E-state index in [9.17, 15) is 13.2 Å². The van der Waals surface area contributed by atoms with E-state index >= 15 is 0 Å². The first-order chi connectivity index (χ1) is 8.93. The molecule has 0 aliphatic carbocycles. The summed E-state index contributed by atoms with van der Waals surface area (Å²) in [6.07, 6.45) is -4.38. The fourth-order valence-corrected chi connectivity index (χ4v) is 2.40. The molecule has 1 aliphatic rings. The van der Waals surface area contributed by atoms with Gasteiger partial charge in [-0.25, -0.2) is 0 Å². The maximum absolute atomic E-state index is 13.1. The Kier molecular flexibility index (Phi) is 4.26. The van der Waals surface area contributed by atoms with Crippen molar-refractivity contribution in [2.75, 3.05) is 24.7 Å². The average molecular weight is 294 g/mol. The zero-order valence-corrected chi connectivity index (χ0v) is 11.3. The third-order valence-corrected chi connectivity index (χ3v) is 3.51. The Morgan fingerprint density at radius 2 is 2.16 bits per heavy atom. The molecule has 0 aromatic heterocycles. The number of anilines is 1. The van der Waals surface area contributed by atoms with Crippen LogP contribution in [0.4, 0.5) is 18.9 Å². The average Bonchev–Trinajstić information content (AvgIpc) is 2.38. The summed E-state index contributed by atoms with van der Waals surface area (Å²) in [6, 6.07) is 4.20. The molecule has 0 radical (unpaired) electrons. The monoisotopic (exact) mass is 293 g/mol. The molecule has 0 spiro atoms. The number of rotatable bonds is 2. The minimum atomic E-state index is -4.38. The second-order valence-electron chi connectivity index (χ2n) is 4.60. The molecule has 1 saturated heterocycles. The summed E-state index contributed by atoms with van der Waals surface area (Å²) in [5.41, 5.74) is 0.0511. The number of hydrogen-bond acceptors (Lipinski definition) is 2. The van der Waals surface area contributed by atoms with E-state index in [1.807, 2.05) is 6.92 Å². The molecule has 0 N–H and O–H groups in total. The van der Waals surface area contributed by atoms with E-state index in [-0.39, 0.29) is 17.6 Å². The van der Waals surface area contributed by atoms with E-state index in [1.165, 1.54) is 6.07 Å². The summed E-state index contributed by atoms with van der Waals surface area (Å²) in [5, 5.41) is 0. The van der Waals surface area contributed by atoms with Gasteiger partial charge in [0.2, 0.25) is 0 Å². The zero-order valence-electron chi connectivity index (χ0n) is 10.5. The molecule has 1 aliphatic heterocycles. The van der Waals surface area contributed by atoms with Gasteiger partial charge in [-0.3, -0.25) is 0 Å². The van der Waals surface area contributed by atoms with Crippen LogP contribution < -0.4 is 4.90 Å². The van der Waals surface area contributed by atoms with Crippen molar-refractivity contribution in [3.63, 3.8) is 0 Å². The smallest absolute Gasteiger partial charge is 0.377 e. The summed E-state index contributed by atoms with van der Waals surface area (Å²) < 4.78 is 44.7. The molecule has 106 valence electrons. The van der Waals surface area contributed by atoms with E-state index in [4.69, 9.17) is 16.3 Å². The second-order valence-corrected chi connectivity index (χ2v) is 4.87. The van der Waals surface area contributed by atoms with Gasteiger partial charge in [-0.15, -0.1) is 11.6 Å². The fraction of sp³-hybridized carbons (Fsp3) is 0.538. The Hall–Kier alpha value is -0.940. The Bertz CT molecular complexity index is 450. The maximum Gasteiger partial charge on any atom is 0.418 e. The van der Waals surface area contributed by atoms with Gasteiger partial charge in [-0.1, -0.05) is 6.07 Å². The molecule has 0 saturated carbocycles. The van der Waals surface area contributed by atoms with Gasteiger partial charge >= 0.3 is 6.18 Å². The number of alkyl halides is 4. The van der Waals surface area contributed by atoms with E-state index in [1.54, 1.807) is 11.0 Å². The summed E-state index contributed by atoms with van der Waals surface area (Å²) in [7, 11) is 0. The number of morpholine rings is 1. The SMILES string of the molecule is CC1COCCN1c1ccc(CCl)cc1C(F)(F)F. The molecular weight excluding hydrogens is 279 g/mol. The van der Waals surface area contributed by atoms with Gasteiger partial charge in [0, 0.05) is 24.2 Å². The lowest BCUT2D eigenvalue weighted by molar-refractivity contribution is -0.137. The lowest BCUT2D eigenvalue weighted by atomic mass is 10.1. The quantitative estimate of drug-likeness (QED) is 0.772. The normalized spacial score (nSPS) is 20.7. The maximum atomic E-state index is 13.1. The molecule has 1 heterocycles. The lowest BCUT2D eigenvalue weighted by Gasteiger charge is -2.36. The second kappa shape index (κ2) is 5.59. The number of ether oxygens (including phenoxy) is 1. The summed E-state index contributed by atoms with van der Waals surface area (Å²) in [6.45, 7) is 3.20. The van der Waals surface area contributed by atoms with E-state index in [2.05, 4.69) is 0 Å². The fourth-order valence-electron chi connectivity index (χ4n) is 2.23. The van der Waals surface area contributed by atoms with Crippen molar-refractivity contribution < 1.29 is 17.9 Å². The predicted octanol–water partition coefficient (Wildman–Crippen LogP) is 3.67. The van der Waals surface area contributed by atoms with Gasteiger partial charge < -0.3 is 9.64 Å². The molecule has 1 aromatic carbocycles. The van der Waals surface area contributed by atoms with Crippen molar-refractivity contribution in [1.29, 1.82) is 0 Å². The highest BCUT2D eigenvalue weighted by molar-refractivity contribution is 6.17. The van der Waals surface area contributed by atoms with Gasteiger partial charge in [0.05, 0.1) is 18.8 Å². The molecule has 6 heteroatoms. The first-order valence-electron chi connectivity index (χ1n) is 6.04. The van der Waals surface area contributed by atoms with Gasteiger partial charge in [0.15, 0.2) is 0 Å². The first kappa shape index (κ1) is 14.5. The molecule has 1 aromatic rings. The number of nitrogens with zero attached hydrogens (tertiary/aromatic N) is 1.